The molecule has 0 amide bonds. The zero-order valence-corrected chi connectivity index (χ0v) is 31.6. The summed E-state index contributed by atoms with van der Waals surface area (Å²) in [5, 5.41) is 0. The van der Waals surface area contributed by atoms with Crippen molar-refractivity contribution in [1.29, 1.82) is 0 Å². The van der Waals surface area contributed by atoms with E-state index in [9.17, 15) is 0 Å². The minimum Gasteiger partial charge on any atom is -0.0808 e. The smallest absolute Gasteiger partial charge is 0.0553 e. The monoisotopic (exact) mass is 628 g/mol. The second kappa shape index (κ2) is 11.6. The van der Waals surface area contributed by atoms with Gasteiger partial charge in [-0.25, -0.2) is 0 Å². The van der Waals surface area contributed by atoms with Gasteiger partial charge in [0.25, 0.3) is 0 Å². The van der Waals surface area contributed by atoms with E-state index in [1.54, 1.807) is 27.9 Å². The minimum atomic E-state index is -1.75. The van der Waals surface area contributed by atoms with Crippen LogP contribution in [0, 0.1) is 55.3 Å². The Hall–Kier alpha value is -2.38. The maximum Gasteiger partial charge on any atom is 0.0553 e. The van der Waals surface area contributed by atoms with E-state index < -0.39 is 8.07 Å². The molecule has 5 aliphatic carbocycles. The molecule has 0 nitrogen and oxygen atoms in total. The van der Waals surface area contributed by atoms with Gasteiger partial charge in [0.05, 0.1) is 8.07 Å². The predicted octanol–water partition coefficient (Wildman–Crippen LogP) is 12.8. The molecule has 5 aliphatic rings. The van der Waals surface area contributed by atoms with Crippen LogP contribution in [0.2, 0.25) is 24.2 Å². The molecule has 1 heteroatoms. The maximum absolute atomic E-state index is 2.88. The number of fused-ring (bicyclic) bond motifs is 3. The Balaban J connectivity index is 1.25. The van der Waals surface area contributed by atoms with Crippen LogP contribution in [-0.4, -0.2) is 8.07 Å². The Kier molecular flexibility index (Phi) is 8.15. The van der Waals surface area contributed by atoms with Gasteiger partial charge >= 0.3 is 0 Å². The topological polar surface area (TPSA) is 0 Å². The lowest BCUT2D eigenvalue weighted by Crippen LogP contribution is -2.46. The van der Waals surface area contributed by atoms with Crippen LogP contribution < -0.4 is 0 Å². The third-order valence-electron chi connectivity index (χ3n) is 13.7. The van der Waals surface area contributed by atoms with E-state index in [0.717, 1.165) is 28.8 Å². The highest BCUT2D eigenvalue weighted by molar-refractivity contribution is 6.80. The second-order valence-electron chi connectivity index (χ2n) is 18.2. The fraction of sp³-hybridized carbons (Fsp3) is 0.556. The van der Waals surface area contributed by atoms with Gasteiger partial charge in [0.15, 0.2) is 0 Å². The number of aryl methyl sites for hydroxylation is 2. The third-order valence-corrected chi connectivity index (χ3v) is 18.9. The predicted molar refractivity (Wildman–Crippen MR) is 203 cm³/mol. The number of benzene rings is 2. The molecule has 0 radical (unpaired) electrons. The molecular weight excluding hydrogens is 569 g/mol. The Labute approximate surface area is 282 Å². The van der Waals surface area contributed by atoms with E-state index in [1.165, 1.54) is 54.4 Å². The molecule has 0 spiro atoms. The highest BCUT2D eigenvalue weighted by Crippen LogP contribution is 2.67. The largest absolute Gasteiger partial charge is 0.0808 e. The summed E-state index contributed by atoms with van der Waals surface area (Å²) in [5.74, 6) is 5.04. The first-order valence-electron chi connectivity index (χ1n) is 18.8. The first kappa shape index (κ1) is 32.2. The highest BCUT2D eigenvalue weighted by Gasteiger charge is 2.59. The van der Waals surface area contributed by atoms with Crippen LogP contribution in [0.25, 0.3) is 11.1 Å². The molecule has 0 N–H and O–H groups in total. The van der Waals surface area contributed by atoms with Gasteiger partial charge in [-0.1, -0.05) is 127 Å². The normalized spacial score (nSPS) is 32.4. The summed E-state index contributed by atoms with van der Waals surface area (Å²) >= 11 is 0. The average Bonchev–Trinajstić information content (AvgIpc) is 3.72. The van der Waals surface area contributed by atoms with Crippen molar-refractivity contribution in [3.63, 3.8) is 0 Å². The first-order chi connectivity index (χ1) is 21.8. The van der Waals surface area contributed by atoms with Crippen molar-refractivity contribution < 1.29 is 0 Å². The Morgan fingerprint density at radius 1 is 0.848 bits per heavy atom. The van der Waals surface area contributed by atoms with Crippen LogP contribution in [-0.2, 0) is 5.41 Å². The SMILES string of the molecule is Cc1ccc(C)c(C2=C3CCCC3=CC3C([Si](C)(C)[C@@H]4C(C(C)C)C[C@H]5C(c6ccc(C(C)(C)C)cc6)=CC=CC45)C(C)C[C@@H]23)c1. The molecule has 3 saturated carbocycles. The molecule has 3 fully saturated rings. The first-order valence-corrected chi connectivity index (χ1v) is 21.9. The lowest BCUT2D eigenvalue weighted by Gasteiger charge is -2.47. The number of allylic oxidation sites excluding steroid dienone is 8. The van der Waals surface area contributed by atoms with Gasteiger partial charge in [0.1, 0.15) is 0 Å². The van der Waals surface area contributed by atoms with Gasteiger partial charge in [-0.3, -0.25) is 0 Å². The molecule has 46 heavy (non-hydrogen) atoms. The molecule has 7 rings (SSSR count). The van der Waals surface area contributed by atoms with Crippen molar-refractivity contribution in [3.05, 3.63) is 106 Å². The van der Waals surface area contributed by atoms with E-state index in [2.05, 4.69) is 135 Å². The summed E-state index contributed by atoms with van der Waals surface area (Å²) in [5.41, 5.74) is 16.1. The fourth-order valence-electron chi connectivity index (χ4n) is 11.8. The van der Waals surface area contributed by atoms with Crippen molar-refractivity contribution in [2.24, 2.45) is 41.4 Å². The quantitative estimate of drug-likeness (QED) is 0.289. The van der Waals surface area contributed by atoms with E-state index in [1.807, 2.05) is 0 Å². The van der Waals surface area contributed by atoms with Crippen molar-refractivity contribution in [2.75, 3.05) is 0 Å². The Morgan fingerprint density at radius 2 is 1.59 bits per heavy atom. The summed E-state index contributed by atoms with van der Waals surface area (Å²) in [4.78, 5) is 0. The molecule has 0 bridgehead atoms. The summed E-state index contributed by atoms with van der Waals surface area (Å²) in [6.07, 6.45) is 17.1. The van der Waals surface area contributed by atoms with Gasteiger partial charge in [-0.2, -0.15) is 0 Å². The number of rotatable bonds is 5. The summed E-state index contributed by atoms with van der Waals surface area (Å²) in [6, 6.07) is 16.9. The van der Waals surface area contributed by atoms with Crippen molar-refractivity contribution in [1.82, 2.24) is 0 Å². The molecule has 5 unspecified atom stereocenters. The second-order valence-corrected chi connectivity index (χ2v) is 23.2. The number of hydrogen-bond acceptors (Lipinski definition) is 0. The summed E-state index contributed by atoms with van der Waals surface area (Å²) in [7, 11) is -1.75. The lowest BCUT2D eigenvalue weighted by molar-refractivity contribution is 0.372. The zero-order valence-electron chi connectivity index (χ0n) is 30.6. The fourth-order valence-corrected chi connectivity index (χ4v) is 18.1. The molecule has 8 atom stereocenters. The average molecular weight is 629 g/mol. The maximum atomic E-state index is 2.88. The Bertz CT molecular complexity index is 1620. The molecule has 0 saturated heterocycles. The van der Waals surface area contributed by atoms with Gasteiger partial charge in [0, 0.05) is 0 Å². The van der Waals surface area contributed by atoms with Crippen molar-refractivity contribution >= 4 is 19.2 Å². The molecule has 2 aromatic carbocycles. The summed E-state index contributed by atoms with van der Waals surface area (Å²) < 4.78 is 0. The molecule has 2 aromatic rings. The van der Waals surface area contributed by atoms with Gasteiger partial charge in [0.2, 0.25) is 0 Å². The molecule has 0 heterocycles. The van der Waals surface area contributed by atoms with E-state index >= 15 is 0 Å². The molecule has 0 aliphatic heterocycles. The highest BCUT2D eigenvalue weighted by atomic mass is 28.3. The van der Waals surface area contributed by atoms with E-state index in [0.29, 0.717) is 23.7 Å². The van der Waals surface area contributed by atoms with Crippen molar-refractivity contribution in [3.8, 4) is 0 Å². The van der Waals surface area contributed by atoms with Crippen molar-refractivity contribution in [2.45, 2.75) is 117 Å². The van der Waals surface area contributed by atoms with Crippen LogP contribution in [0.5, 0.6) is 0 Å². The minimum absolute atomic E-state index is 0.190. The van der Waals surface area contributed by atoms with E-state index in [4.69, 9.17) is 0 Å². The lowest BCUT2D eigenvalue weighted by atomic mass is 9.74. The van der Waals surface area contributed by atoms with Crippen LogP contribution in [0.3, 0.4) is 0 Å². The zero-order chi connectivity index (χ0) is 32.7. The van der Waals surface area contributed by atoms with Gasteiger partial charge in [-0.15, -0.1) is 0 Å². The van der Waals surface area contributed by atoms with Gasteiger partial charge in [-0.05, 0) is 148 Å². The molecular formula is C45H60Si. The van der Waals surface area contributed by atoms with Crippen LogP contribution in [0.15, 0.2) is 77.9 Å². The van der Waals surface area contributed by atoms with Gasteiger partial charge < -0.3 is 0 Å². The molecule has 244 valence electrons. The molecule has 0 aromatic heterocycles. The van der Waals surface area contributed by atoms with Crippen LogP contribution >= 0.6 is 0 Å². The Morgan fingerprint density at radius 3 is 2.28 bits per heavy atom. The summed E-state index contributed by atoms with van der Waals surface area (Å²) in [6.45, 7) is 25.1. The third kappa shape index (κ3) is 5.23. The number of hydrogen-bond donors (Lipinski definition) is 0. The van der Waals surface area contributed by atoms with E-state index in [-0.39, 0.29) is 5.41 Å². The van der Waals surface area contributed by atoms with Crippen LogP contribution in [0.4, 0.5) is 0 Å². The van der Waals surface area contributed by atoms with Crippen LogP contribution in [0.1, 0.15) is 101 Å². The standard InChI is InChI=1S/C45H60Si/c1-27(2)37-26-39-34(31-19-21-33(22-20-31)45(6,7)8)14-12-16-36(39)44(37)46(9,10)43-30(5)24-40-41(43)25-32-13-11-15-35(32)42(40)38-23-28(3)17-18-29(38)4/h12,14,16-23,25,27,30,36-37,39-41,43-44H,11,13,15,24,26H2,1-10H3/t30?,36?,37?,39-,40+,41?,43?,44-/m0/s1.